The van der Waals surface area contributed by atoms with E-state index in [1.807, 2.05) is 31.4 Å². The second-order valence-corrected chi connectivity index (χ2v) is 9.62. The van der Waals surface area contributed by atoms with Gasteiger partial charge in [-0.15, -0.1) is 0 Å². The van der Waals surface area contributed by atoms with Crippen molar-refractivity contribution in [3.63, 3.8) is 0 Å². The molecule has 1 fully saturated rings. The van der Waals surface area contributed by atoms with Gasteiger partial charge in [-0.1, -0.05) is 30.5 Å². The predicted molar refractivity (Wildman–Crippen MR) is 141 cm³/mol. The van der Waals surface area contributed by atoms with Crippen LogP contribution < -0.4 is 15.0 Å². The lowest BCUT2D eigenvalue weighted by Gasteiger charge is -2.25. The number of nitrogens with zero attached hydrogens (tertiary/aromatic N) is 2. The van der Waals surface area contributed by atoms with Gasteiger partial charge in [0.05, 0.1) is 35.9 Å². The zero-order chi connectivity index (χ0) is 25.9. The highest BCUT2D eigenvalue weighted by Gasteiger charge is 2.20. The van der Waals surface area contributed by atoms with Crippen LogP contribution in [0.1, 0.15) is 62.5 Å². The Labute approximate surface area is 217 Å². The summed E-state index contributed by atoms with van der Waals surface area (Å²) < 4.78 is 6.19. The predicted octanol–water partition coefficient (Wildman–Crippen LogP) is 5.23. The monoisotopic (exact) mass is 517 g/mol. The lowest BCUT2D eigenvalue weighted by Crippen LogP contribution is -2.18. The summed E-state index contributed by atoms with van der Waals surface area (Å²) in [6.45, 7) is 2.00. The SMILES string of the molecule is CN(c1ccc(OC2CCCCCC2)cn1)c1c(Cl)ccc2c1CCNCC2.O=C(O)CCC(=O)O. The zero-order valence-electron chi connectivity index (χ0n) is 20.8. The third-order valence-electron chi connectivity index (χ3n) is 6.51. The van der Waals surface area contributed by atoms with Gasteiger partial charge in [-0.25, -0.2) is 4.98 Å². The van der Waals surface area contributed by atoms with Crippen molar-refractivity contribution in [3.8, 4) is 5.75 Å². The van der Waals surface area contributed by atoms with Crippen molar-refractivity contribution < 1.29 is 24.5 Å². The quantitative estimate of drug-likeness (QED) is 0.428. The van der Waals surface area contributed by atoms with Crippen molar-refractivity contribution in [2.24, 2.45) is 0 Å². The number of benzene rings is 1. The van der Waals surface area contributed by atoms with E-state index in [0.29, 0.717) is 6.10 Å². The molecule has 1 saturated carbocycles. The number of aromatic nitrogens is 1. The Balaban J connectivity index is 0.000000392. The maximum atomic E-state index is 9.64. The largest absolute Gasteiger partial charge is 0.489 e. The van der Waals surface area contributed by atoms with Crippen LogP contribution in [-0.2, 0) is 22.4 Å². The van der Waals surface area contributed by atoms with Gasteiger partial charge in [0.2, 0.25) is 0 Å². The van der Waals surface area contributed by atoms with E-state index in [0.717, 1.165) is 61.1 Å². The molecule has 1 aliphatic heterocycles. The number of carboxylic acids is 2. The molecule has 1 aromatic heterocycles. The summed E-state index contributed by atoms with van der Waals surface area (Å²) in [5, 5.41) is 20.1. The fourth-order valence-electron chi connectivity index (χ4n) is 4.61. The number of carbonyl (C=O) groups is 2. The zero-order valence-corrected chi connectivity index (χ0v) is 21.6. The lowest BCUT2D eigenvalue weighted by atomic mass is 10.00. The molecule has 196 valence electrons. The van der Waals surface area contributed by atoms with Crippen LogP contribution in [-0.4, -0.2) is 53.4 Å². The minimum atomic E-state index is -1.08. The highest BCUT2D eigenvalue weighted by atomic mass is 35.5. The van der Waals surface area contributed by atoms with Gasteiger partial charge < -0.3 is 25.2 Å². The van der Waals surface area contributed by atoms with Crippen molar-refractivity contribution >= 4 is 35.0 Å². The third-order valence-corrected chi connectivity index (χ3v) is 6.82. The Hall–Kier alpha value is -2.84. The maximum Gasteiger partial charge on any atom is 0.303 e. The van der Waals surface area contributed by atoms with Gasteiger partial charge >= 0.3 is 11.9 Å². The molecule has 0 saturated heterocycles. The molecule has 1 aromatic carbocycles. The molecule has 0 radical (unpaired) electrons. The van der Waals surface area contributed by atoms with Crippen LogP contribution in [0.25, 0.3) is 0 Å². The van der Waals surface area contributed by atoms with E-state index in [1.54, 1.807) is 0 Å². The van der Waals surface area contributed by atoms with Crippen LogP contribution in [0.2, 0.25) is 5.02 Å². The molecule has 8 nitrogen and oxygen atoms in total. The molecule has 0 spiro atoms. The van der Waals surface area contributed by atoms with E-state index in [1.165, 1.54) is 36.8 Å². The van der Waals surface area contributed by atoms with E-state index in [-0.39, 0.29) is 12.8 Å². The number of rotatable bonds is 7. The first-order chi connectivity index (χ1) is 17.3. The minimum Gasteiger partial charge on any atom is -0.489 e. The average molecular weight is 518 g/mol. The van der Waals surface area contributed by atoms with Crippen LogP contribution in [0.3, 0.4) is 0 Å². The molecule has 0 atom stereocenters. The summed E-state index contributed by atoms with van der Waals surface area (Å²) in [7, 11) is 2.05. The second kappa shape index (κ2) is 14.0. The number of pyridine rings is 1. The summed E-state index contributed by atoms with van der Waals surface area (Å²) in [6.07, 6.45) is 11.1. The molecule has 1 aliphatic carbocycles. The minimum absolute atomic E-state index is 0.296. The highest BCUT2D eigenvalue weighted by Crippen LogP contribution is 2.36. The fraction of sp³-hybridized carbons (Fsp3) is 0.519. The van der Waals surface area contributed by atoms with Crippen molar-refractivity contribution in [1.82, 2.24) is 10.3 Å². The van der Waals surface area contributed by atoms with Crippen molar-refractivity contribution in [1.29, 1.82) is 0 Å². The number of nitrogens with one attached hydrogen (secondary N) is 1. The molecule has 0 bridgehead atoms. The molecule has 36 heavy (non-hydrogen) atoms. The number of hydrogen-bond acceptors (Lipinski definition) is 6. The molecular formula is C27H36ClN3O5. The first-order valence-electron chi connectivity index (χ1n) is 12.7. The molecule has 0 unspecified atom stereocenters. The summed E-state index contributed by atoms with van der Waals surface area (Å²) in [4.78, 5) is 26.1. The average Bonchev–Trinajstić information content (AvgIpc) is 3.26. The van der Waals surface area contributed by atoms with E-state index in [2.05, 4.69) is 21.3 Å². The molecule has 9 heteroatoms. The number of hydrogen-bond donors (Lipinski definition) is 3. The van der Waals surface area contributed by atoms with Crippen molar-refractivity contribution in [3.05, 3.63) is 46.6 Å². The molecule has 0 amide bonds. The third kappa shape index (κ3) is 8.38. The molecular weight excluding hydrogens is 482 g/mol. The van der Waals surface area contributed by atoms with E-state index < -0.39 is 11.9 Å². The Bertz CT molecular complexity index is 993. The number of fused-ring (bicyclic) bond motifs is 1. The summed E-state index contributed by atoms with van der Waals surface area (Å²) >= 11 is 6.62. The van der Waals surface area contributed by atoms with Gasteiger partial charge in [-0.2, -0.15) is 0 Å². The van der Waals surface area contributed by atoms with Crippen LogP contribution in [0, 0.1) is 0 Å². The Morgan fingerprint density at radius 2 is 1.69 bits per heavy atom. The topological polar surface area (TPSA) is 112 Å². The van der Waals surface area contributed by atoms with Crippen LogP contribution >= 0.6 is 11.6 Å². The summed E-state index contributed by atoms with van der Waals surface area (Å²) in [5.74, 6) is -0.397. The maximum absolute atomic E-state index is 9.64. The lowest BCUT2D eigenvalue weighted by molar-refractivity contribution is -0.143. The molecule has 2 aromatic rings. The molecule has 2 heterocycles. The van der Waals surface area contributed by atoms with Crippen LogP contribution in [0.4, 0.5) is 11.5 Å². The first-order valence-corrected chi connectivity index (χ1v) is 13.0. The fourth-order valence-corrected chi connectivity index (χ4v) is 4.91. The van der Waals surface area contributed by atoms with Gasteiger partial charge in [-0.05, 0) is 80.9 Å². The summed E-state index contributed by atoms with van der Waals surface area (Å²) in [5.41, 5.74) is 3.79. The van der Waals surface area contributed by atoms with E-state index in [9.17, 15) is 9.59 Å². The molecule has 2 aliphatic rings. The van der Waals surface area contributed by atoms with Crippen LogP contribution in [0.15, 0.2) is 30.5 Å². The van der Waals surface area contributed by atoms with E-state index >= 15 is 0 Å². The van der Waals surface area contributed by atoms with Crippen LogP contribution in [0.5, 0.6) is 5.75 Å². The molecule has 3 N–H and O–H groups in total. The number of ether oxygens (including phenoxy) is 1. The van der Waals surface area contributed by atoms with Crippen molar-refractivity contribution in [2.45, 2.75) is 70.3 Å². The van der Waals surface area contributed by atoms with Crippen molar-refractivity contribution in [2.75, 3.05) is 25.0 Å². The number of carboxylic acid groups (broad SMARTS) is 2. The normalized spacial score (nSPS) is 15.9. The molecule has 4 rings (SSSR count). The van der Waals surface area contributed by atoms with E-state index in [4.69, 9.17) is 26.6 Å². The highest BCUT2D eigenvalue weighted by molar-refractivity contribution is 6.33. The Morgan fingerprint density at radius 3 is 2.31 bits per heavy atom. The number of anilines is 2. The Kier molecular flexibility index (Phi) is 10.8. The number of aliphatic carboxylic acids is 2. The van der Waals surface area contributed by atoms with Gasteiger partial charge in [0.25, 0.3) is 0 Å². The second-order valence-electron chi connectivity index (χ2n) is 9.21. The van der Waals surface area contributed by atoms with Gasteiger partial charge in [0.15, 0.2) is 0 Å². The van der Waals surface area contributed by atoms with Gasteiger partial charge in [-0.3, -0.25) is 9.59 Å². The standard InChI is InChI=1S/C23H30ClN3O.C4H6O4/c1-27(23-20-13-15-25-14-12-17(20)8-10-21(23)24)22-11-9-19(16-26-22)28-18-6-4-2-3-5-7-18;5-3(6)1-2-4(7)8/h8-11,16,18,25H,2-7,12-15H2,1H3;1-2H2,(H,5,6)(H,7,8). The first kappa shape index (κ1) is 27.7. The Morgan fingerprint density at radius 1 is 1.03 bits per heavy atom. The number of halogens is 1. The summed E-state index contributed by atoms with van der Waals surface area (Å²) in [6, 6.07) is 8.26. The van der Waals surface area contributed by atoms with Gasteiger partial charge in [0, 0.05) is 7.05 Å². The van der Waals surface area contributed by atoms with Gasteiger partial charge in [0.1, 0.15) is 11.6 Å². The smallest absolute Gasteiger partial charge is 0.303 e.